The van der Waals surface area contributed by atoms with E-state index in [9.17, 15) is 8.78 Å². The van der Waals surface area contributed by atoms with Gasteiger partial charge in [0, 0.05) is 38.4 Å². The Hall–Kier alpha value is -3.03. The molecule has 2 unspecified atom stereocenters. The zero-order valence-electron chi connectivity index (χ0n) is 16.9. The third-order valence-corrected chi connectivity index (χ3v) is 5.40. The van der Waals surface area contributed by atoms with Gasteiger partial charge in [-0.3, -0.25) is 4.99 Å². The summed E-state index contributed by atoms with van der Waals surface area (Å²) in [4.78, 5) is 6.35. The van der Waals surface area contributed by atoms with E-state index in [1.807, 2.05) is 24.3 Å². The molecule has 8 heteroatoms. The van der Waals surface area contributed by atoms with Crippen LogP contribution < -0.4 is 25.0 Å². The molecule has 0 aliphatic carbocycles. The van der Waals surface area contributed by atoms with Crippen molar-refractivity contribution in [3.05, 3.63) is 54.1 Å². The molecule has 0 bridgehead atoms. The van der Waals surface area contributed by atoms with Crippen molar-refractivity contribution in [3.63, 3.8) is 0 Å². The van der Waals surface area contributed by atoms with E-state index in [0.717, 1.165) is 37.6 Å². The number of halogens is 2. The molecule has 0 spiro atoms. The number of hydrogen-bond acceptors (Lipinski definition) is 4. The molecule has 1 fully saturated rings. The minimum absolute atomic E-state index is 0.103. The zero-order valence-corrected chi connectivity index (χ0v) is 16.9. The highest BCUT2D eigenvalue weighted by Crippen LogP contribution is 2.30. The summed E-state index contributed by atoms with van der Waals surface area (Å²) in [6, 6.07) is 11.7. The van der Waals surface area contributed by atoms with E-state index in [4.69, 9.17) is 9.47 Å². The maximum absolute atomic E-state index is 13.5. The molecule has 0 radical (unpaired) electrons. The summed E-state index contributed by atoms with van der Waals surface area (Å²) >= 11 is 0. The fraction of sp³-hybridized carbons (Fsp3) is 0.409. The van der Waals surface area contributed by atoms with Crippen LogP contribution in [0.1, 0.15) is 6.42 Å². The first-order valence-corrected chi connectivity index (χ1v) is 10.2. The highest BCUT2D eigenvalue weighted by Gasteiger charge is 2.24. The van der Waals surface area contributed by atoms with Crippen LogP contribution in [0.15, 0.2) is 47.5 Å². The molecule has 30 heavy (non-hydrogen) atoms. The number of nitrogens with zero attached hydrogens (tertiary/aromatic N) is 2. The fourth-order valence-corrected chi connectivity index (χ4v) is 3.75. The number of guanidine groups is 1. The Morgan fingerprint density at radius 1 is 1.10 bits per heavy atom. The van der Waals surface area contributed by atoms with Crippen LogP contribution in [0, 0.1) is 17.6 Å². The van der Waals surface area contributed by atoms with Gasteiger partial charge in [-0.25, -0.2) is 8.78 Å². The van der Waals surface area contributed by atoms with Gasteiger partial charge in [0.15, 0.2) is 29.1 Å². The summed E-state index contributed by atoms with van der Waals surface area (Å²) in [7, 11) is 1.73. The topological polar surface area (TPSA) is 58.1 Å². The molecule has 2 N–H and O–H groups in total. The standard InChI is InChI=1S/C22H26F2N4O2/c1-25-22(27-12-17-14-29-20-4-2-3-5-21(20)30-17)26-11-15-8-9-28(13-15)16-6-7-18(23)19(24)10-16/h2-7,10,15,17H,8-9,11-14H2,1H3,(H2,25,26,27). The van der Waals surface area contributed by atoms with Gasteiger partial charge in [-0.2, -0.15) is 0 Å². The number of rotatable bonds is 5. The van der Waals surface area contributed by atoms with Gasteiger partial charge in [-0.05, 0) is 36.6 Å². The zero-order chi connectivity index (χ0) is 20.9. The predicted molar refractivity (Wildman–Crippen MR) is 112 cm³/mol. The maximum Gasteiger partial charge on any atom is 0.191 e. The van der Waals surface area contributed by atoms with E-state index in [0.29, 0.717) is 30.7 Å². The average Bonchev–Trinajstić information content (AvgIpc) is 3.24. The van der Waals surface area contributed by atoms with Gasteiger partial charge in [0.1, 0.15) is 12.7 Å². The van der Waals surface area contributed by atoms with Crippen molar-refractivity contribution in [1.82, 2.24) is 10.6 Å². The van der Waals surface area contributed by atoms with Crippen molar-refractivity contribution >= 4 is 11.6 Å². The molecule has 0 amide bonds. The van der Waals surface area contributed by atoms with E-state index >= 15 is 0 Å². The Balaban J connectivity index is 1.22. The Labute approximate surface area is 174 Å². The average molecular weight is 416 g/mol. The lowest BCUT2D eigenvalue weighted by Gasteiger charge is -2.27. The number of anilines is 1. The van der Waals surface area contributed by atoms with Gasteiger partial charge in [0.25, 0.3) is 0 Å². The second-order valence-electron chi connectivity index (χ2n) is 7.53. The third-order valence-electron chi connectivity index (χ3n) is 5.40. The molecule has 0 aromatic heterocycles. The highest BCUT2D eigenvalue weighted by molar-refractivity contribution is 5.79. The van der Waals surface area contributed by atoms with E-state index < -0.39 is 11.6 Å². The number of aliphatic imine (C=N–C) groups is 1. The number of para-hydroxylation sites is 2. The Morgan fingerprint density at radius 2 is 1.90 bits per heavy atom. The Morgan fingerprint density at radius 3 is 2.70 bits per heavy atom. The van der Waals surface area contributed by atoms with Crippen LogP contribution in [0.5, 0.6) is 11.5 Å². The molecule has 2 aliphatic heterocycles. The van der Waals surface area contributed by atoms with E-state index in [1.165, 1.54) is 12.1 Å². The van der Waals surface area contributed by atoms with E-state index in [1.54, 1.807) is 13.1 Å². The SMILES string of the molecule is CN=C(NCC1CCN(c2ccc(F)c(F)c2)C1)NCC1COc2ccccc2O1. The number of benzene rings is 2. The van der Waals surface area contributed by atoms with Crippen LogP contribution in [-0.2, 0) is 0 Å². The first kappa shape index (κ1) is 20.3. The van der Waals surface area contributed by atoms with Gasteiger partial charge >= 0.3 is 0 Å². The smallest absolute Gasteiger partial charge is 0.191 e. The molecule has 2 aliphatic rings. The quantitative estimate of drug-likeness (QED) is 0.580. The van der Waals surface area contributed by atoms with Crippen LogP contribution in [0.2, 0.25) is 0 Å². The molecule has 160 valence electrons. The molecule has 2 atom stereocenters. The molecule has 0 saturated carbocycles. The van der Waals surface area contributed by atoms with Crippen LogP contribution in [0.25, 0.3) is 0 Å². The van der Waals surface area contributed by atoms with Crippen molar-refractivity contribution in [3.8, 4) is 11.5 Å². The number of fused-ring (bicyclic) bond motifs is 1. The van der Waals surface area contributed by atoms with Crippen LogP contribution in [0.4, 0.5) is 14.5 Å². The summed E-state index contributed by atoms with van der Waals surface area (Å²) in [6.07, 6.45) is 0.869. The summed E-state index contributed by atoms with van der Waals surface area (Å²) < 4.78 is 38.3. The molecule has 4 rings (SSSR count). The van der Waals surface area contributed by atoms with Crippen molar-refractivity contribution in [1.29, 1.82) is 0 Å². The lowest BCUT2D eigenvalue weighted by molar-refractivity contribution is 0.0936. The maximum atomic E-state index is 13.5. The number of hydrogen-bond donors (Lipinski definition) is 2. The molecule has 2 aromatic carbocycles. The van der Waals surface area contributed by atoms with Crippen molar-refractivity contribution in [2.45, 2.75) is 12.5 Å². The van der Waals surface area contributed by atoms with E-state index in [2.05, 4.69) is 20.5 Å². The van der Waals surface area contributed by atoms with Gasteiger partial charge in [-0.1, -0.05) is 12.1 Å². The van der Waals surface area contributed by atoms with Gasteiger partial charge in [-0.15, -0.1) is 0 Å². The van der Waals surface area contributed by atoms with Crippen molar-refractivity contribution < 1.29 is 18.3 Å². The first-order valence-electron chi connectivity index (χ1n) is 10.2. The van der Waals surface area contributed by atoms with Crippen LogP contribution >= 0.6 is 0 Å². The first-order chi connectivity index (χ1) is 14.6. The van der Waals surface area contributed by atoms with Gasteiger partial charge in [0.2, 0.25) is 0 Å². The predicted octanol–water partition coefficient (Wildman–Crippen LogP) is 2.80. The fourth-order valence-electron chi connectivity index (χ4n) is 3.75. The summed E-state index contributed by atoms with van der Waals surface area (Å²) in [5.74, 6) is 0.975. The van der Waals surface area contributed by atoms with E-state index in [-0.39, 0.29) is 6.10 Å². The second kappa shape index (κ2) is 9.19. The monoisotopic (exact) mass is 416 g/mol. The highest BCUT2D eigenvalue weighted by atomic mass is 19.2. The van der Waals surface area contributed by atoms with Crippen LogP contribution in [-0.4, -0.2) is 51.9 Å². The Kier molecular flexibility index (Phi) is 6.21. The van der Waals surface area contributed by atoms with Crippen LogP contribution in [0.3, 0.4) is 0 Å². The lowest BCUT2D eigenvalue weighted by atomic mass is 10.1. The summed E-state index contributed by atoms with van der Waals surface area (Å²) in [5.41, 5.74) is 0.716. The molecular formula is C22H26F2N4O2. The minimum Gasteiger partial charge on any atom is -0.486 e. The summed E-state index contributed by atoms with van der Waals surface area (Å²) in [6.45, 7) is 3.39. The third kappa shape index (κ3) is 4.75. The van der Waals surface area contributed by atoms with Gasteiger partial charge < -0.3 is 25.0 Å². The van der Waals surface area contributed by atoms with Crippen molar-refractivity contribution in [2.24, 2.45) is 10.9 Å². The molecule has 2 heterocycles. The summed E-state index contributed by atoms with van der Waals surface area (Å²) in [5, 5.41) is 6.62. The molecule has 1 saturated heterocycles. The Bertz CT molecular complexity index is 908. The molecule has 2 aromatic rings. The number of ether oxygens (including phenoxy) is 2. The normalized spacial score (nSPS) is 20.9. The van der Waals surface area contributed by atoms with Crippen molar-refractivity contribution in [2.75, 3.05) is 44.7 Å². The van der Waals surface area contributed by atoms with Gasteiger partial charge in [0.05, 0.1) is 6.54 Å². The largest absolute Gasteiger partial charge is 0.486 e. The minimum atomic E-state index is -0.818. The molecule has 6 nitrogen and oxygen atoms in total. The lowest BCUT2D eigenvalue weighted by Crippen LogP contribution is -2.46. The molecular weight excluding hydrogens is 390 g/mol. The second-order valence-corrected chi connectivity index (χ2v) is 7.53. The number of nitrogens with one attached hydrogen (secondary N) is 2.